The summed E-state index contributed by atoms with van der Waals surface area (Å²) in [4.78, 5) is 14.9. The Morgan fingerprint density at radius 3 is 2.56 bits per heavy atom. The maximum atomic E-state index is 13.1. The number of amides is 1. The van der Waals surface area contributed by atoms with Crippen LogP contribution in [0.1, 0.15) is 36.5 Å². The molecule has 2 aliphatic heterocycles. The van der Waals surface area contributed by atoms with E-state index in [1.165, 1.54) is 0 Å². The summed E-state index contributed by atoms with van der Waals surface area (Å²) in [6.45, 7) is 3.02. The Hall–Kier alpha value is -1.66. The average Bonchev–Trinajstić information content (AvgIpc) is 2.66. The van der Waals surface area contributed by atoms with Gasteiger partial charge < -0.3 is 19.8 Å². The third-order valence-electron chi connectivity index (χ3n) is 6.08. The average molecular weight is 390 g/mol. The number of halogens is 1. The smallest absolute Gasteiger partial charge is 0.254 e. The number of benzene rings is 2. The van der Waals surface area contributed by atoms with Gasteiger partial charge in [-0.1, -0.05) is 35.9 Å². The number of carbonyl (C=O) groups is 1. The fourth-order valence-electron chi connectivity index (χ4n) is 4.38. The SMILES string of the molecule is C[C@@]1(O)CCOC2(CCN(C(=O)c3cccc4c(Cl)cccc34)CC2)[C@H]1O. The van der Waals surface area contributed by atoms with Crippen LogP contribution < -0.4 is 0 Å². The van der Waals surface area contributed by atoms with Gasteiger partial charge in [-0.3, -0.25) is 4.79 Å². The Morgan fingerprint density at radius 1 is 1.15 bits per heavy atom. The molecule has 2 N–H and O–H groups in total. The van der Waals surface area contributed by atoms with Gasteiger partial charge in [0, 0.05) is 35.5 Å². The van der Waals surface area contributed by atoms with E-state index >= 15 is 0 Å². The van der Waals surface area contributed by atoms with Crippen LogP contribution in [0, 0.1) is 0 Å². The van der Waals surface area contributed by atoms with Crippen molar-refractivity contribution in [1.29, 1.82) is 0 Å². The highest BCUT2D eigenvalue weighted by Crippen LogP contribution is 2.40. The summed E-state index contributed by atoms with van der Waals surface area (Å²) in [7, 11) is 0. The quantitative estimate of drug-likeness (QED) is 0.786. The Balaban J connectivity index is 1.56. The van der Waals surface area contributed by atoms with E-state index in [2.05, 4.69) is 0 Å². The second-order valence-electron chi connectivity index (χ2n) is 7.86. The fourth-order valence-corrected chi connectivity index (χ4v) is 4.62. The van der Waals surface area contributed by atoms with Crippen LogP contribution in [-0.4, -0.2) is 58.0 Å². The first-order valence-corrected chi connectivity index (χ1v) is 9.73. The largest absolute Gasteiger partial charge is 0.387 e. The third-order valence-corrected chi connectivity index (χ3v) is 6.41. The summed E-state index contributed by atoms with van der Waals surface area (Å²) in [6.07, 6.45) is 0.464. The third kappa shape index (κ3) is 3.13. The predicted molar refractivity (Wildman–Crippen MR) is 104 cm³/mol. The molecule has 2 heterocycles. The molecule has 4 rings (SSSR count). The molecule has 6 heteroatoms. The number of hydrogen-bond donors (Lipinski definition) is 2. The molecule has 2 aromatic rings. The van der Waals surface area contributed by atoms with Crippen molar-refractivity contribution in [2.45, 2.75) is 43.5 Å². The Morgan fingerprint density at radius 2 is 1.81 bits per heavy atom. The van der Waals surface area contributed by atoms with E-state index in [1.807, 2.05) is 36.4 Å². The van der Waals surface area contributed by atoms with Gasteiger partial charge in [-0.15, -0.1) is 0 Å². The van der Waals surface area contributed by atoms with Gasteiger partial charge in [0.2, 0.25) is 0 Å². The Kier molecular flexibility index (Phi) is 4.67. The topological polar surface area (TPSA) is 70.0 Å². The summed E-state index contributed by atoms with van der Waals surface area (Å²) < 4.78 is 5.91. The predicted octanol–water partition coefficient (Wildman–Crippen LogP) is 3.00. The van der Waals surface area contributed by atoms with E-state index < -0.39 is 17.3 Å². The van der Waals surface area contributed by atoms with Crippen LogP contribution in [0.4, 0.5) is 0 Å². The molecule has 2 atom stereocenters. The van der Waals surface area contributed by atoms with E-state index in [1.54, 1.807) is 11.8 Å². The van der Waals surface area contributed by atoms with Crippen LogP contribution in [0.5, 0.6) is 0 Å². The van der Waals surface area contributed by atoms with Crippen molar-refractivity contribution in [2.24, 2.45) is 0 Å². The van der Waals surface area contributed by atoms with Gasteiger partial charge in [-0.25, -0.2) is 0 Å². The van der Waals surface area contributed by atoms with Gasteiger partial charge in [-0.05, 0) is 37.3 Å². The van der Waals surface area contributed by atoms with Crippen molar-refractivity contribution >= 4 is 28.3 Å². The van der Waals surface area contributed by atoms with Gasteiger partial charge in [0.1, 0.15) is 11.7 Å². The molecule has 1 amide bonds. The molecule has 144 valence electrons. The molecule has 2 aromatic carbocycles. The van der Waals surface area contributed by atoms with E-state index in [0.29, 0.717) is 49.5 Å². The maximum Gasteiger partial charge on any atom is 0.254 e. The van der Waals surface area contributed by atoms with E-state index in [-0.39, 0.29) is 5.91 Å². The highest BCUT2D eigenvalue weighted by Gasteiger charge is 2.52. The lowest BCUT2D eigenvalue weighted by atomic mass is 9.75. The molecule has 2 saturated heterocycles. The molecule has 0 unspecified atom stereocenters. The minimum Gasteiger partial charge on any atom is -0.387 e. The second-order valence-corrected chi connectivity index (χ2v) is 8.26. The first kappa shape index (κ1) is 18.7. The van der Waals surface area contributed by atoms with Crippen molar-refractivity contribution in [3.05, 3.63) is 47.0 Å². The van der Waals surface area contributed by atoms with E-state index in [4.69, 9.17) is 16.3 Å². The zero-order valence-electron chi connectivity index (χ0n) is 15.3. The van der Waals surface area contributed by atoms with Crippen molar-refractivity contribution in [3.8, 4) is 0 Å². The van der Waals surface area contributed by atoms with Crippen LogP contribution in [0.3, 0.4) is 0 Å². The molecule has 5 nitrogen and oxygen atoms in total. The number of fused-ring (bicyclic) bond motifs is 1. The zero-order chi connectivity index (χ0) is 19.2. The fraction of sp³-hybridized carbons (Fsp3) is 0.476. The van der Waals surface area contributed by atoms with Crippen LogP contribution in [-0.2, 0) is 4.74 Å². The highest BCUT2D eigenvalue weighted by atomic mass is 35.5. The number of piperidine rings is 1. The highest BCUT2D eigenvalue weighted by molar-refractivity contribution is 6.36. The number of aliphatic hydroxyl groups is 2. The molecular formula is C21H24ClNO4. The number of ether oxygens (including phenoxy) is 1. The summed E-state index contributed by atoms with van der Waals surface area (Å²) in [5.74, 6) is -0.0465. The number of carbonyl (C=O) groups excluding carboxylic acids is 1. The summed E-state index contributed by atoms with van der Waals surface area (Å²) >= 11 is 6.27. The monoisotopic (exact) mass is 389 g/mol. The minimum atomic E-state index is -1.16. The van der Waals surface area contributed by atoms with Crippen molar-refractivity contribution in [1.82, 2.24) is 4.90 Å². The first-order chi connectivity index (χ1) is 12.8. The van der Waals surface area contributed by atoms with E-state index in [0.717, 1.165) is 10.8 Å². The molecule has 0 bridgehead atoms. The van der Waals surface area contributed by atoms with E-state index in [9.17, 15) is 15.0 Å². The number of aliphatic hydroxyl groups excluding tert-OH is 1. The van der Waals surface area contributed by atoms with Crippen LogP contribution in [0.2, 0.25) is 5.02 Å². The molecule has 27 heavy (non-hydrogen) atoms. The Bertz CT molecular complexity index is 874. The zero-order valence-corrected chi connectivity index (χ0v) is 16.1. The minimum absolute atomic E-state index is 0.0465. The molecule has 2 fully saturated rings. The van der Waals surface area contributed by atoms with Gasteiger partial charge in [0.05, 0.1) is 12.2 Å². The normalized spacial score (nSPS) is 27.9. The maximum absolute atomic E-state index is 13.1. The Labute approximate surface area is 163 Å². The molecule has 2 aliphatic rings. The van der Waals surface area contributed by atoms with Crippen LogP contribution >= 0.6 is 11.6 Å². The molecule has 0 saturated carbocycles. The standard InChI is InChI=1S/C21H24ClNO4/c1-20(26)10-13-27-21(19(20)25)8-11-23(12-9-21)18(24)16-6-2-5-15-14(16)4-3-7-17(15)22/h2-7,19,25-26H,8-13H2,1H3/t19-,20+/m0/s1. The van der Waals surface area contributed by atoms with Crippen molar-refractivity contribution < 1.29 is 19.7 Å². The lowest BCUT2D eigenvalue weighted by molar-refractivity contribution is -0.244. The molecular weight excluding hydrogens is 366 g/mol. The summed E-state index contributed by atoms with van der Waals surface area (Å²) in [5.41, 5.74) is -1.31. The number of hydrogen-bond acceptors (Lipinski definition) is 4. The number of rotatable bonds is 1. The van der Waals surface area contributed by atoms with Gasteiger partial charge >= 0.3 is 0 Å². The van der Waals surface area contributed by atoms with Gasteiger partial charge in [-0.2, -0.15) is 0 Å². The summed E-state index contributed by atoms with van der Waals surface area (Å²) in [5, 5.41) is 23.4. The summed E-state index contributed by atoms with van der Waals surface area (Å²) in [6, 6.07) is 11.1. The van der Waals surface area contributed by atoms with Crippen molar-refractivity contribution in [3.63, 3.8) is 0 Å². The molecule has 0 radical (unpaired) electrons. The lowest BCUT2D eigenvalue weighted by Crippen LogP contribution is -2.64. The molecule has 0 aromatic heterocycles. The van der Waals surface area contributed by atoms with Crippen molar-refractivity contribution in [2.75, 3.05) is 19.7 Å². The number of nitrogens with zero attached hydrogens (tertiary/aromatic N) is 1. The molecule has 1 spiro atoms. The molecule has 0 aliphatic carbocycles. The number of likely N-dealkylation sites (tertiary alicyclic amines) is 1. The van der Waals surface area contributed by atoms with Crippen LogP contribution in [0.25, 0.3) is 10.8 Å². The second kappa shape index (κ2) is 6.74. The first-order valence-electron chi connectivity index (χ1n) is 9.35. The van der Waals surface area contributed by atoms with Gasteiger partial charge in [0.25, 0.3) is 5.91 Å². The van der Waals surface area contributed by atoms with Crippen LogP contribution in [0.15, 0.2) is 36.4 Å². The van der Waals surface area contributed by atoms with Gasteiger partial charge in [0.15, 0.2) is 0 Å². The lowest BCUT2D eigenvalue weighted by Gasteiger charge is -2.51.